The molecule has 0 aliphatic heterocycles. The minimum Gasteiger partial charge on any atom is -0.397 e. The maximum absolute atomic E-state index is 12.1. The highest BCUT2D eigenvalue weighted by Gasteiger charge is 2.34. The first-order valence-electron chi connectivity index (χ1n) is 6.05. The monoisotopic (exact) mass is 283 g/mol. The van der Waals surface area contributed by atoms with E-state index in [1.165, 1.54) is 11.3 Å². The summed E-state index contributed by atoms with van der Waals surface area (Å²) in [7, 11) is 1.58. The molecule has 1 saturated carbocycles. The molecule has 1 aromatic rings. The normalized spacial score (nSPS) is 14.4. The maximum Gasteiger partial charge on any atom is 0.253 e. The first kappa shape index (κ1) is 13.8. The Kier molecular flexibility index (Phi) is 4.06. The number of ether oxygens (including phenoxy) is 1. The lowest BCUT2D eigenvalue weighted by atomic mass is 10.1. The molecule has 2 rings (SSSR count). The van der Waals surface area contributed by atoms with Crippen LogP contribution in [0.3, 0.4) is 0 Å². The number of thiophene rings is 1. The molecule has 19 heavy (non-hydrogen) atoms. The number of primary amides is 1. The largest absolute Gasteiger partial charge is 0.397 e. The Morgan fingerprint density at radius 2 is 2.16 bits per heavy atom. The van der Waals surface area contributed by atoms with E-state index in [2.05, 4.69) is 5.32 Å². The molecular weight excluding hydrogens is 266 g/mol. The van der Waals surface area contributed by atoms with Crippen LogP contribution in [0.4, 0.5) is 10.7 Å². The summed E-state index contributed by atoms with van der Waals surface area (Å²) in [5.74, 6) is -0.540. The van der Waals surface area contributed by atoms with Gasteiger partial charge in [0.1, 0.15) is 5.00 Å². The molecule has 1 fully saturated rings. The summed E-state index contributed by atoms with van der Waals surface area (Å²) in [4.78, 5) is 24.0. The van der Waals surface area contributed by atoms with E-state index < -0.39 is 5.91 Å². The average molecular weight is 283 g/mol. The lowest BCUT2D eigenvalue weighted by Gasteiger charge is -2.04. The van der Waals surface area contributed by atoms with Gasteiger partial charge in [-0.3, -0.25) is 9.59 Å². The maximum atomic E-state index is 12.1. The van der Waals surface area contributed by atoms with Gasteiger partial charge in [0, 0.05) is 19.6 Å². The van der Waals surface area contributed by atoms with Gasteiger partial charge >= 0.3 is 0 Å². The predicted molar refractivity (Wildman–Crippen MR) is 74.7 cm³/mol. The van der Waals surface area contributed by atoms with Crippen molar-refractivity contribution in [3.05, 3.63) is 10.4 Å². The van der Waals surface area contributed by atoms with Crippen molar-refractivity contribution < 1.29 is 14.3 Å². The molecule has 1 aromatic heterocycles. The van der Waals surface area contributed by atoms with Crippen molar-refractivity contribution >= 4 is 33.7 Å². The molecule has 6 nitrogen and oxygen atoms in total. The Morgan fingerprint density at radius 3 is 2.68 bits per heavy atom. The summed E-state index contributed by atoms with van der Waals surface area (Å²) in [6.45, 7) is 1.01. The zero-order valence-electron chi connectivity index (χ0n) is 10.7. The van der Waals surface area contributed by atoms with Crippen molar-refractivity contribution in [1.29, 1.82) is 0 Å². The number of nitrogens with two attached hydrogens (primary N) is 2. The zero-order valence-corrected chi connectivity index (χ0v) is 11.5. The second kappa shape index (κ2) is 5.58. The molecule has 0 spiro atoms. The van der Waals surface area contributed by atoms with Crippen molar-refractivity contribution in [1.82, 2.24) is 0 Å². The molecule has 5 N–H and O–H groups in total. The number of hydrogen-bond donors (Lipinski definition) is 3. The van der Waals surface area contributed by atoms with E-state index in [0.717, 1.165) is 12.8 Å². The van der Waals surface area contributed by atoms with Gasteiger partial charge in [0.05, 0.1) is 22.7 Å². The Bertz CT molecular complexity index is 509. The third kappa shape index (κ3) is 2.87. The first-order valence-corrected chi connectivity index (χ1v) is 6.87. The SMILES string of the molecule is COCCNc1sc(C(=O)C2CC2)c(N)c1C(N)=O. The predicted octanol–water partition coefficient (Wildman–Crippen LogP) is 1.08. The number of ketones is 1. The van der Waals surface area contributed by atoms with Crippen LogP contribution in [-0.2, 0) is 4.74 Å². The van der Waals surface area contributed by atoms with E-state index in [0.29, 0.717) is 23.0 Å². The summed E-state index contributed by atoms with van der Waals surface area (Å²) in [6.07, 6.45) is 1.79. The Hall–Kier alpha value is -1.60. The van der Waals surface area contributed by atoms with E-state index in [4.69, 9.17) is 16.2 Å². The topological polar surface area (TPSA) is 107 Å². The lowest BCUT2D eigenvalue weighted by Crippen LogP contribution is -2.16. The van der Waals surface area contributed by atoms with Gasteiger partial charge in [0.2, 0.25) is 0 Å². The van der Waals surface area contributed by atoms with Crippen LogP contribution in [0.1, 0.15) is 32.9 Å². The van der Waals surface area contributed by atoms with Gasteiger partial charge in [-0.15, -0.1) is 11.3 Å². The number of carbonyl (C=O) groups excluding carboxylic acids is 2. The fraction of sp³-hybridized carbons (Fsp3) is 0.500. The van der Waals surface area contributed by atoms with Crippen LogP contribution < -0.4 is 16.8 Å². The molecule has 1 aliphatic rings. The summed E-state index contributed by atoms with van der Waals surface area (Å²) in [5, 5.41) is 3.58. The van der Waals surface area contributed by atoms with E-state index in [-0.39, 0.29) is 23.0 Å². The Labute approximate surface area is 115 Å². The molecule has 0 radical (unpaired) electrons. The minimum absolute atomic E-state index is 0.0183. The number of nitrogen functional groups attached to an aromatic ring is 1. The van der Waals surface area contributed by atoms with Crippen LogP contribution >= 0.6 is 11.3 Å². The van der Waals surface area contributed by atoms with E-state index in [1.807, 2.05) is 0 Å². The molecule has 0 atom stereocenters. The Morgan fingerprint density at radius 1 is 1.47 bits per heavy atom. The van der Waals surface area contributed by atoms with Crippen molar-refractivity contribution in [3.63, 3.8) is 0 Å². The second-order valence-corrected chi connectivity index (χ2v) is 5.49. The summed E-state index contributed by atoms with van der Waals surface area (Å²) < 4.78 is 4.92. The average Bonchev–Trinajstić information content (AvgIpc) is 3.14. The van der Waals surface area contributed by atoms with Crippen LogP contribution in [0.15, 0.2) is 0 Å². The van der Waals surface area contributed by atoms with Crippen molar-refractivity contribution in [2.24, 2.45) is 11.7 Å². The number of amides is 1. The number of rotatable bonds is 7. The van der Waals surface area contributed by atoms with E-state index >= 15 is 0 Å². The van der Waals surface area contributed by atoms with Gasteiger partial charge in [-0.1, -0.05) is 0 Å². The summed E-state index contributed by atoms with van der Waals surface area (Å²) in [5.41, 5.74) is 11.6. The van der Waals surface area contributed by atoms with Crippen LogP contribution in [0.25, 0.3) is 0 Å². The Balaban J connectivity index is 2.27. The second-order valence-electron chi connectivity index (χ2n) is 4.47. The van der Waals surface area contributed by atoms with E-state index in [1.54, 1.807) is 7.11 Å². The number of methoxy groups -OCH3 is 1. The molecule has 0 saturated heterocycles. The summed E-state index contributed by atoms with van der Waals surface area (Å²) in [6, 6.07) is 0. The van der Waals surface area contributed by atoms with Crippen LogP contribution in [0.5, 0.6) is 0 Å². The standard InChI is InChI=1S/C12H17N3O3S/c1-18-5-4-15-12-7(11(14)17)8(13)10(19-12)9(16)6-2-3-6/h6,15H,2-5,13H2,1H3,(H2,14,17). The van der Waals surface area contributed by atoms with Crippen LogP contribution in [-0.4, -0.2) is 32.0 Å². The smallest absolute Gasteiger partial charge is 0.253 e. The van der Waals surface area contributed by atoms with Gasteiger partial charge in [0.25, 0.3) is 5.91 Å². The molecular formula is C12H17N3O3S. The molecule has 0 bridgehead atoms. The number of nitrogens with one attached hydrogen (secondary N) is 1. The molecule has 104 valence electrons. The highest BCUT2D eigenvalue weighted by atomic mass is 32.1. The fourth-order valence-electron chi connectivity index (χ4n) is 1.79. The molecule has 7 heteroatoms. The van der Waals surface area contributed by atoms with Crippen molar-refractivity contribution in [2.45, 2.75) is 12.8 Å². The molecule has 1 aliphatic carbocycles. The van der Waals surface area contributed by atoms with Crippen LogP contribution in [0, 0.1) is 5.92 Å². The van der Waals surface area contributed by atoms with Gasteiger partial charge in [-0.2, -0.15) is 0 Å². The van der Waals surface area contributed by atoms with E-state index in [9.17, 15) is 9.59 Å². The van der Waals surface area contributed by atoms with Crippen molar-refractivity contribution in [3.8, 4) is 0 Å². The minimum atomic E-state index is -0.622. The van der Waals surface area contributed by atoms with Gasteiger partial charge < -0.3 is 21.5 Å². The number of carbonyl (C=O) groups is 2. The molecule has 1 heterocycles. The number of hydrogen-bond acceptors (Lipinski definition) is 6. The highest BCUT2D eigenvalue weighted by molar-refractivity contribution is 7.19. The van der Waals surface area contributed by atoms with Gasteiger partial charge in [0.15, 0.2) is 5.78 Å². The first-order chi connectivity index (χ1) is 9.06. The van der Waals surface area contributed by atoms with Crippen LogP contribution in [0.2, 0.25) is 0 Å². The van der Waals surface area contributed by atoms with Gasteiger partial charge in [-0.05, 0) is 12.8 Å². The number of anilines is 2. The van der Waals surface area contributed by atoms with Crippen molar-refractivity contribution in [2.75, 3.05) is 31.3 Å². The third-order valence-corrected chi connectivity index (χ3v) is 4.13. The highest BCUT2D eigenvalue weighted by Crippen LogP contribution is 2.41. The van der Waals surface area contributed by atoms with Gasteiger partial charge in [-0.25, -0.2) is 0 Å². The molecule has 0 unspecified atom stereocenters. The number of Topliss-reactive ketones (excluding diaryl/α,β-unsaturated/α-hetero) is 1. The molecule has 1 amide bonds. The summed E-state index contributed by atoms with van der Waals surface area (Å²) >= 11 is 1.20. The molecule has 0 aromatic carbocycles. The fourth-order valence-corrected chi connectivity index (χ4v) is 2.96. The zero-order chi connectivity index (χ0) is 14.0. The quantitative estimate of drug-likeness (QED) is 0.512. The third-order valence-electron chi connectivity index (χ3n) is 2.96. The lowest BCUT2D eigenvalue weighted by molar-refractivity contribution is 0.0972.